The second-order valence-electron chi connectivity index (χ2n) is 7.06. The smallest absolute Gasteiger partial charge is 0.280 e. The van der Waals surface area contributed by atoms with Crippen molar-refractivity contribution in [2.24, 2.45) is 4.99 Å². The van der Waals surface area contributed by atoms with Crippen LogP contribution in [-0.4, -0.2) is 22.6 Å². The van der Waals surface area contributed by atoms with Gasteiger partial charge in [-0.2, -0.15) is 0 Å². The topological polar surface area (TPSA) is 68.6 Å². The Bertz CT molecular complexity index is 1250. The molecular formula is C25H23N3O3. The van der Waals surface area contributed by atoms with Crippen molar-refractivity contribution < 1.29 is 9.47 Å². The zero-order valence-corrected chi connectivity index (χ0v) is 17.6. The molecule has 0 fully saturated rings. The normalized spacial score (nSPS) is 11.4. The predicted octanol–water partition coefficient (Wildman–Crippen LogP) is 5.42. The van der Waals surface area contributed by atoms with E-state index >= 15 is 0 Å². The summed E-state index contributed by atoms with van der Waals surface area (Å²) < 4.78 is 12.5. The van der Waals surface area contributed by atoms with Crippen LogP contribution in [0.2, 0.25) is 0 Å². The third-order valence-corrected chi connectivity index (χ3v) is 4.88. The molecule has 0 aliphatic rings. The second-order valence-corrected chi connectivity index (χ2v) is 7.06. The summed E-state index contributed by atoms with van der Waals surface area (Å²) in [5, 5.41) is 3.13. The summed E-state index contributed by atoms with van der Waals surface area (Å²) in [4.78, 5) is 17.7. The zero-order chi connectivity index (χ0) is 21.8. The first-order valence-electron chi connectivity index (χ1n) is 9.90. The lowest BCUT2D eigenvalue weighted by atomic mass is 10.1. The molecule has 4 aromatic rings. The maximum absolute atomic E-state index is 13.0. The quantitative estimate of drug-likeness (QED) is 0.430. The van der Waals surface area contributed by atoms with E-state index in [-0.39, 0.29) is 5.56 Å². The summed E-state index contributed by atoms with van der Waals surface area (Å²) in [6.45, 7) is 3.71. The van der Waals surface area contributed by atoms with Gasteiger partial charge in [-0.3, -0.25) is 14.9 Å². The van der Waals surface area contributed by atoms with Crippen molar-refractivity contribution in [1.82, 2.24) is 9.78 Å². The largest absolute Gasteiger partial charge is 0.497 e. The first-order chi connectivity index (χ1) is 15.0. The Morgan fingerprint density at radius 3 is 2.13 bits per heavy atom. The van der Waals surface area contributed by atoms with Crippen molar-refractivity contribution in [3.63, 3.8) is 0 Å². The van der Waals surface area contributed by atoms with E-state index in [0.717, 1.165) is 34.3 Å². The molecule has 156 valence electrons. The summed E-state index contributed by atoms with van der Waals surface area (Å²) in [5.74, 6) is 2.23. The Balaban J connectivity index is 1.58. The number of rotatable bonds is 6. The van der Waals surface area contributed by atoms with Crippen molar-refractivity contribution in [3.8, 4) is 22.9 Å². The maximum Gasteiger partial charge on any atom is 0.280 e. The lowest BCUT2D eigenvalue weighted by molar-refractivity contribution is 0.414. The molecule has 0 saturated carbocycles. The van der Waals surface area contributed by atoms with E-state index in [2.05, 4.69) is 10.1 Å². The summed E-state index contributed by atoms with van der Waals surface area (Å²) in [5.41, 5.74) is 3.28. The third kappa shape index (κ3) is 4.43. The van der Waals surface area contributed by atoms with Crippen LogP contribution < -0.4 is 15.0 Å². The van der Waals surface area contributed by atoms with Gasteiger partial charge in [0.25, 0.3) is 5.56 Å². The van der Waals surface area contributed by atoms with E-state index in [0.29, 0.717) is 11.3 Å². The van der Waals surface area contributed by atoms with Crippen molar-refractivity contribution >= 4 is 11.4 Å². The van der Waals surface area contributed by atoms with Crippen LogP contribution in [-0.2, 0) is 0 Å². The van der Waals surface area contributed by atoms with Crippen LogP contribution in [0, 0.1) is 6.92 Å². The van der Waals surface area contributed by atoms with Gasteiger partial charge in [-0.05, 0) is 74.5 Å². The first-order valence-corrected chi connectivity index (χ1v) is 9.90. The van der Waals surface area contributed by atoms with Crippen LogP contribution in [0.25, 0.3) is 5.69 Å². The molecule has 4 rings (SSSR count). The van der Waals surface area contributed by atoms with E-state index in [1.807, 2.05) is 92.7 Å². The molecule has 0 aliphatic heterocycles. The number of aliphatic imine (C=N–C) groups is 1. The van der Waals surface area contributed by atoms with E-state index in [4.69, 9.17) is 9.47 Å². The fourth-order valence-corrected chi connectivity index (χ4v) is 3.35. The summed E-state index contributed by atoms with van der Waals surface area (Å²) in [7, 11) is 1.61. The van der Waals surface area contributed by atoms with Gasteiger partial charge in [0.2, 0.25) is 0 Å². The lowest BCUT2D eigenvalue weighted by Gasteiger charge is -2.05. The fraction of sp³-hybridized carbons (Fsp3) is 0.120. The highest BCUT2D eigenvalue weighted by molar-refractivity contribution is 6.01. The number of nitrogens with zero attached hydrogens (tertiary/aromatic N) is 2. The van der Waals surface area contributed by atoms with Crippen molar-refractivity contribution in [2.45, 2.75) is 13.8 Å². The Morgan fingerprint density at radius 1 is 0.871 bits per heavy atom. The minimum Gasteiger partial charge on any atom is -0.497 e. The van der Waals surface area contributed by atoms with E-state index < -0.39 is 0 Å². The van der Waals surface area contributed by atoms with Gasteiger partial charge in [-0.15, -0.1) is 0 Å². The number of aromatic amines is 1. The molecule has 0 amide bonds. The van der Waals surface area contributed by atoms with Gasteiger partial charge in [0, 0.05) is 5.69 Å². The zero-order valence-electron chi connectivity index (χ0n) is 17.6. The molecule has 0 unspecified atom stereocenters. The van der Waals surface area contributed by atoms with Crippen LogP contribution in [0.15, 0.2) is 88.6 Å². The van der Waals surface area contributed by atoms with Crippen LogP contribution in [0.5, 0.6) is 17.2 Å². The molecule has 1 heterocycles. The molecular weight excluding hydrogens is 390 g/mol. The molecule has 0 spiro atoms. The van der Waals surface area contributed by atoms with Gasteiger partial charge in [0.05, 0.1) is 29.8 Å². The number of hydrogen-bond acceptors (Lipinski definition) is 4. The summed E-state index contributed by atoms with van der Waals surface area (Å²) >= 11 is 0. The number of aryl methyl sites for hydroxylation is 1. The standard InChI is InChI=1S/C25H23N3O3/c1-17(26-19-9-13-23(14-10-19)31-22-7-5-4-6-8-22)24-18(2)27-28(25(24)29)20-11-15-21(30-3)16-12-20/h4-16,27H,1-3H3. The molecule has 0 bridgehead atoms. The van der Waals surface area contributed by atoms with Crippen molar-refractivity contribution in [1.29, 1.82) is 0 Å². The highest BCUT2D eigenvalue weighted by Crippen LogP contribution is 2.24. The molecule has 6 heteroatoms. The molecule has 3 aromatic carbocycles. The number of ether oxygens (including phenoxy) is 2. The Labute approximate surface area is 180 Å². The lowest BCUT2D eigenvalue weighted by Crippen LogP contribution is -2.19. The number of para-hydroxylation sites is 1. The Hall–Kier alpha value is -4.06. The monoisotopic (exact) mass is 413 g/mol. The molecule has 31 heavy (non-hydrogen) atoms. The number of H-pyrrole nitrogens is 1. The third-order valence-electron chi connectivity index (χ3n) is 4.88. The van der Waals surface area contributed by atoms with Gasteiger partial charge in [0.15, 0.2) is 0 Å². The average Bonchev–Trinajstić information content (AvgIpc) is 3.10. The minimum atomic E-state index is -0.145. The predicted molar refractivity (Wildman–Crippen MR) is 123 cm³/mol. The fourth-order valence-electron chi connectivity index (χ4n) is 3.35. The van der Waals surface area contributed by atoms with Gasteiger partial charge < -0.3 is 9.47 Å². The minimum absolute atomic E-state index is 0.145. The summed E-state index contributed by atoms with van der Waals surface area (Å²) in [6, 6.07) is 24.3. The van der Waals surface area contributed by atoms with Crippen LogP contribution in [0.4, 0.5) is 5.69 Å². The van der Waals surface area contributed by atoms with Gasteiger partial charge in [0.1, 0.15) is 17.2 Å². The average molecular weight is 413 g/mol. The van der Waals surface area contributed by atoms with E-state index in [1.165, 1.54) is 4.68 Å². The van der Waals surface area contributed by atoms with Crippen LogP contribution in [0.1, 0.15) is 18.2 Å². The number of nitrogens with one attached hydrogen (secondary N) is 1. The second kappa shape index (κ2) is 8.75. The van der Waals surface area contributed by atoms with E-state index in [9.17, 15) is 4.79 Å². The Kier molecular flexibility index (Phi) is 5.71. The number of methoxy groups -OCH3 is 1. The molecule has 0 radical (unpaired) electrons. The number of aromatic nitrogens is 2. The summed E-state index contributed by atoms with van der Waals surface area (Å²) in [6.07, 6.45) is 0. The van der Waals surface area contributed by atoms with Crippen molar-refractivity contribution in [3.05, 3.63) is 100 Å². The van der Waals surface area contributed by atoms with Crippen LogP contribution in [0.3, 0.4) is 0 Å². The Morgan fingerprint density at radius 2 is 1.48 bits per heavy atom. The molecule has 0 aliphatic carbocycles. The number of hydrogen-bond donors (Lipinski definition) is 1. The highest BCUT2D eigenvalue weighted by Gasteiger charge is 2.15. The molecule has 6 nitrogen and oxygen atoms in total. The SMILES string of the molecule is COc1ccc(-n2[nH]c(C)c(C(C)=Nc3ccc(Oc4ccccc4)cc3)c2=O)cc1. The van der Waals surface area contributed by atoms with E-state index in [1.54, 1.807) is 7.11 Å². The first kappa shape index (κ1) is 20.2. The maximum atomic E-state index is 13.0. The number of benzene rings is 3. The van der Waals surface area contributed by atoms with Crippen molar-refractivity contribution in [2.75, 3.05) is 7.11 Å². The molecule has 0 saturated heterocycles. The van der Waals surface area contributed by atoms with Crippen LogP contribution >= 0.6 is 0 Å². The molecule has 1 aromatic heterocycles. The highest BCUT2D eigenvalue weighted by atomic mass is 16.5. The van der Waals surface area contributed by atoms with Gasteiger partial charge in [-0.25, -0.2) is 4.68 Å². The molecule has 0 atom stereocenters. The molecule has 1 N–H and O–H groups in total. The van der Waals surface area contributed by atoms with Gasteiger partial charge >= 0.3 is 0 Å². The van der Waals surface area contributed by atoms with Gasteiger partial charge in [-0.1, -0.05) is 18.2 Å².